The van der Waals surface area contributed by atoms with Crippen molar-refractivity contribution in [2.45, 2.75) is 25.9 Å². The summed E-state index contributed by atoms with van der Waals surface area (Å²) in [5.41, 5.74) is 3.13. The van der Waals surface area contributed by atoms with Gasteiger partial charge in [-0.15, -0.1) is 11.3 Å². The standard InChI is InChI=1S/C18H16N2O2S/c1-11-20-16-5-4-12(7-17(16)23-11)10-22-18(21)15-8-14(15)13-3-2-6-19-9-13/h2-7,9,14-15H,8,10H2,1H3/t14-,15+/m0/s1. The van der Waals surface area contributed by atoms with Crippen LogP contribution in [0.2, 0.25) is 0 Å². The first-order valence-electron chi connectivity index (χ1n) is 7.63. The number of pyridine rings is 1. The molecule has 3 aromatic rings. The molecule has 1 aromatic carbocycles. The molecule has 0 bridgehead atoms. The van der Waals surface area contributed by atoms with E-state index in [1.165, 1.54) is 0 Å². The Morgan fingerprint density at radius 2 is 2.30 bits per heavy atom. The Balaban J connectivity index is 1.38. The number of aromatic nitrogens is 2. The number of aryl methyl sites for hydroxylation is 1. The fraction of sp³-hybridized carbons (Fsp3) is 0.278. The van der Waals surface area contributed by atoms with E-state index < -0.39 is 0 Å². The van der Waals surface area contributed by atoms with Gasteiger partial charge in [0.2, 0.25) is 0 Å². The van der Waals surface area contributed by atoms with Gasteiger partial charge in [0.15, 0.2) is 0 Å². The Labute approximate surface area is 138 Å². The maximum Gasteiger partial charge on any atom is 0.309 e. The van der Waals surface area contributed by atoms with Crippen LogP contribution in [0.4, 0.5) is 0 Å². The van der Waals surface area contributed by atoms with Gasteiger partial charge in [0.25, 0.3) is 0 Å². The highest BCUT2D eigenvalue weighted by molar-refractivity contribution is 7.18. The fourth-order valence-corrected chi connectivity index (χ4v) is 3.75. The maximum atomic E-state index is 12.2. The highest BCUT2D eigenvalue weighted by Crippen LogP contribution is 2.47. The quantitative estimate of drug-likeness (QED) is 0.684. The number of ether oxygens (including phenoxy) is 1. The van der Waals surface area contributed by atoms with E-state index in [4.69, 9.17) is 4.74 Å². The van der Waals surface area contributed by atoms with Crippen molar-refractivity contribution in [2.24, 2.45) is 5.92 Å². The highest BCUT2D eigenvalue weighted by Gasteiger charge is 2.45. The number of rotatable bonds is 4. The van der Waals surface area contributed by atoms with Crippen LogP contribution in [0.5, 0.6) is 0 Å². The van der Waals surface area contributed by atoms with Crippen LogP contribution in [0.15, 0.2) is 42.7 Å². The Bertz CT molecular complexity index is 860. The van der Waals surface area contributed by atoms with Crippen LogP contribution in [0.3, 0.4) is 0 Å². The molecule has 0 spiro atoms. The Hall–Kier alpha value is -2.27. The molecule has 5 heteroatoms. The minimum absolute atomic E-state index is 0.0198. The second-order valence-electron chi connectivity index (χ2n) is 5.88. The molecule has 0 aliphatic heterocycles. The zero-order chi connectivity index (χ0) is 15.8. The van der Waals surface area contributed by atoms with Crippen molar-refractivity contribution in [1.29, 1.82) is 0 Å². The molecule has 0 unspecified atom stereocenters. The summed E-state index contributed by atoms with van der Waals surface area (Å²) in [6.07, 6.45) is 4.44. The second kappa shape index (κ2) is 5.74. The molecule has 2 aromatic heterocycles. The van der Waals surface area contributed by atoms with Crippen molar-refractivity contribution >= 4 is 27.5 Å². The summed E-state index contributed by atoms with van der Waals surface area (Å²) >= 11 is 1.66. The molecule has 1 saturated carbocycles. The number of carbonyl (C=O) groups is 1. The number of hydrogen-bond acceptors (Lipinski definition) is 5. The van der Waals surface area contributed by atoms with Crippen LogP contribution in [0.1, 0.15) is 28.5 Å². The molecule has 23 heavy (non-hydrogen) atoms. The number of thiazole rings is 1. The molecule has 2 heterocycles. The normalized spacial score (nSPS) is 19.7. The van der Waals surface area contributed by atoms with Gasteiger partial charge in [0.1, 0.15) is 6.61 Å². The third-order valence-electron chi connectivity index (χ3n) is 4.15. The summed E-state index contributed by atoms with van der Waals surface area (Å²) in [7, 11) is 0. The van der Waals surface area contributed by atoms with E-state index in [1.54, 1.807) is 17.5 Å². The Morgan fingerprint density at radius 3 is 3.13 bits per heavy atom. The number of carbonyl (C=O) groups excluding carboxylic acids is 1. The summed E-state index contributed by atoms with van der Waals surface area (Å²) in [6, 6.07) is 9.93. The molecule has 0 saturated heterocycles. The Kier molecular flexibility index (Phi) is 3.58. The van der Waals surface area contributed by atoms with E-state index >= 15 is 0 Å². The monoisotopic (exact) mass is 324 g/mol. The molecule has 1 aliphatic rings. The third-order valence-corrected chi connectivity index (χ3v) is 5.08. The van der Waals surface area contributed by atoms with Crippen molar-refractivity contribution in [3.8, 4) is 0 Å². The van der Waals surface area contributed by atoms with Gasteiger partial charge in [-0.25, -0.2) is 4.98 Å². The molecule has 4 rings (SSSR count). The molecule has 2 atom stereocenters. The lowest BCUT2D eigenvalue weighted by molar-refractivity contribution is -0.146. The van der Waals surface area contributed by atoms with Crippen LogP contribution in [-0.2, 0) is 16.1 Å². The molecular weight excluding hydrogens is 308 g/mol. The second-order valence-corrected chi connectivity index (χ2v) is 7.11. The molecule has 116 valence electrons. The smallest absolute Gasteiger partial charge is 0.309 e. The highest BCUT2D eigenvalue weighted by atomic mass is 32.1. The van der Waals surface area contributed by atoms with Crippen LogP contribution < -0.4 is 0 Å². The Morgan fingerprint density at radius 1 is 1.39 bits per heavy atom. The first-order chi connectivity index (χ1) is 11.2. The van der Waals surface area contributed by atoms with Crippen LogP contribution in [0.25, 0.3) is 10.2 Å². The number of nitrogens with zero attached hydrogens (tertiary/aromatic N) is 2. The van der Waals surface area contributed by atoms with Crippen molar-refractivity contribution < 1.29 is 9.53 Å². The summed E-state index contributed by atoms with van der Waals surface area (Å²) < 4.78 is 6.62. The fourth-order valence-electron chi connectivity index (χ4n) is 2.85. The predicted molar refractivity (Wildman–Crippen MR) is 89.2 cm³/mol. The summed E-state index contributed by atoms with van der Waals surface area (Å²) in [6.45, 7) is 2.32. The molecule has 4 nitrogen and oxygen atoms in total. The summed E-state index contributed by atoms with van der Waals surface area (Å²) in [5, 5.41) is 1.05. The van der Waals surface area contributed by atoms with Crippen molar-refractivity contribution in [2.75, 3.05) is 0 Å². The summed E-state index contributed by atoms with van der Waals surface area (Å²) in [4.78, 5) is 20.7. The largest absolute Gasteiger partial charge is 0.461 e. The van der Waals surface area contributed by atoms with Crippen molar-refractivity contribution in [3.63, 3.8) is 0 Å². The minimum atomic E-state index is -0.112. The molecule has 1 fully saturated rings. The first kappa shape index (κ1) is 14.3. The van der Waals surface area contributed by atoms with Gasteiger partial charge in [0.05, 0.1) is 21.1 Å². The zero-order valence-electron chi connectivity index (χ0n) is 12.7. The first-order valence-corrected chi connectivity index (χ1v) is 8.45. The maximum absolute atomic E-state index is 12.2. The van der Waals surface area contributed by atoms with Gasteiger partial charge in [-0.2, -0.15) is 0 Å². The average molecular weight is 324 g/mol. The number of esters is 1. The van der Waals surface area contributed by atoms with Crippen LogP contribution in [0, 0.1) is 12.8 Å². The molecule has 0 radical (unpaired) electrons. The number of fused-ring (bicyclic) bond motifs is 1. The lowest BCUT2D eigenvalue weighted by Crippen LogP contribution is -2.08. The van der Waals surface area contributed by atoms with Gasteiger partial charge in [-0.1, -0.05) is 12.1 Å². The van der Waals surface area contributed by atoms with Gasteiger partial charge >= 0.3 is 5.97 Å². The van der Waals surface area contributed by atoms with E-state index in [0.29, 0.717) is 6.61 Å². The van der Waals surface area contributed by atoms with E-state index in [-0.39, 0.29) is 17.8 Å². The minimum Gasteiger partial charge on any atom is -0.461 e. The van der Waals surface area contributed by atoms with Crippen molar-refractivity contribution in [1.82, 2.24) is 9.97 Å². The van der Waals surface area contributed by atoms with Crippen LogP contribution >= 0.6 is 11.3 Å². The lowest BCUT2D eigenvalue weighted by atomic mass is 10.1. The molecular formula is C18H16N2O2S. The van der Waals surface area contributed by atoms with E-state index in [0.717, 1.165) is 32.8 Å². The topological polar surface area (TPSA) is 52.1 Å². The van der Waals surface area contributed by atoms with Crippen molar-refractivity contribution in [3.05, 3.63) is 58.9 Å². The van der Waals surface area contributed by atoms with Gasteiger partial charge < -0.3 is 4.74 Å². The number of benzene rings is 1. The van der Waals surface area contributed by atoms with E-state index in [9.17, 15) is 4.79 Å². The van der Waals surface area contributed by atoms with Gasteiger partial charge in [-0.3, -0.25) is 9.78 Å². The molecule has 0 N–H and O–H groups in total. The van der Waals surface area contributed by atoms with Gasteiger partial charge in [0, 0.05) is 12.4 Å². The lowest BCUT2D eigenvalue weighted by Gasteiger charge is -2.05. The predicted octanol–water partition coefficient (Wildman–Crippen LogP) is 3.85. The summed E-state index contributed by atoms with van der Waals surface area (Å²) in [5.74, 6) is 0.135. The molecule has 0 amide bonds. The average Bonchev–Trinajstić information content (AvgIpc) is 3.28. The third kappa shape index (κ3) is 2.97. The van der Waals surface area contributed by atoms with E-state index in [1.807, 2.05) is 37.4 Å². The number of hydrogen-bond donors (Lipinski definition) is 0. The SMILES string of the molecule is Cc1nc2ccc(COC(=O)[C@@H]3C[C@H]3c3cccnc3)cc2s1. The van der Waals surface area contributed by atoms with E-state index in [2.05, 4.69) is 16.0 Å². The molecule has 1 aliphatic carbocycles. The van der Waals surface area contributed by atoms with Gasteiger partial charge in [-0.05, 0) is 48.6 Å². The van der Waals surface area contributed by atoms with Crippen LogP contribution in [-0.4, -0.2) is 15.9 Å². The zero-order valence-corrected chi connectivity index (χ0v) is 13.5.